The summed E-state index contributed by atoms with van der Waals surface area (Å²) in [5.41, 5.74) is 2.04. The van der Waals surface area contributed by atoms with Gasteiger partial charge in [0.1, 0.15) is 11.6 Å². The van der Waals surface area contributed by atoms with Crippen LogP contribution in [0.2, 0.25) is 0 Å². The first-order chi connectivity index (χ1) is 9.92. The number of aryl methyl sites for hydroxylation is 1. The monoisotopic (exact) mass is 326 g/mol. The minimum absolute atomic E-state index is 0. The molecule has 7 heteroatoms. The Morgan fingerprint density at radius 1 is 1.41 bits per heavy atom. The maximum Gasteiger partial charge on any atom is 0.266 e. The predicted octanol–water partition coefficient (Wildman–Crippen LogP) is 0.896. The van der Waals surface area contributed by atoms with Crippen LogP contribution < -0.4 is 10.9 Å². The molecule has 1 aromatic rings. The number of hydrogen-bond donors (Lipinski definition) is 2. The van der Waals surface area contributed by atoms with E-state index in [9.17, 15) is 9.59 Å². The van der Waals surface area contributed by atoms with Gasteiger partial charge in [0, 0.05) is 32.3 Å². The van der Waals surface area contributed by atoms with Crippen LogP contribution in [0.5, 0.6) is 0 Å². The number of amides is 1. The molecule has 0 bridgehead atoms. The Hall–Kier alpha value is -1.84. The smallest absolute Gasteiger partial charge is 0.266 e. The van der Waals surface area contributed by atoms with Crippen molar-refractivity contribution >= 4 is 18.3 Å². The lowest BCUT2D eigenvalue weighted by molar-refractivity contribution is -0.129. The zero-order valence-corrected chi connectivity index (χ0v) is 14.3. The second-order valence-electron chi connectivity index (χ2n) is 5.09. The SMILES string of the molecule is CNCCN(C)C(=O)CCc1c(C)[nH]c(=O)c(C#N)c1C.Cl. The third-order valence-corrected chi connectivity index (χ3v) is 3.63. The van der Waals surface area contributed by atoms with Crippen molar-refractivity contribution in [2.45, 2.75) is 26.7 Å². The van der Waals surface area contributed by atoms with Crippen LogP contribution in [0.4, 0.5) is 0 Å². The Bertz CT molecular complexity index is 619. The number of likely N-dealkylation sites (N-methyl/N-ethyl adjacent to an activating group) is 2. The number of rotatable bonds is 6. The molecule has 1 heterocycles. The lowest BCUT2D eigenvalue weighted by Crippen LogP contribution is -2.33. The maximum absolute atomic E-state index is 12.0. The van der Waals surface area contributed by atoms with Crippen LogP contribution in [0.1, 0.15) is 28.8 Å². The number of carbonyl (C=O) groups is 1. The van der Waals surface area contributed by atoms with Crippen LogP contribution in [0.25, 0.3) is 0 Å². The molecule has 0 radical (unpaired) electrons. The van der Waals surface area contributed by atoms with E-state index in [1.165, 1.54) is 0 Å². The number of hydrogen-bond acceptors (Lipinski definition) is 4. The summed E-state index contributed by atoms with van der Waals surface area (Å²) in [5, 5.41) is 12.0. The Balaban J connectivity index is 0.00000441. The van der Waals surface area contributed by atoms with Crippen LogP contribution in [0, 0.1) is 25.2 Å². The Labute approximate surface area is 136 Å². The summed E-state index contributed by atoms with van der Waals surface area (Å²) in [6, 6.07) is 1.92. The van der Waals surface area contributed by atoms with Crippen LogP contribution in [0.3, 0.4) is 0 Å². The number of nitriles is 1. The highest BCUT2D eigenvalue weighted by atomic mass is 35.5. The van der Waals surface area contributed by atoms with Gasteiger partial charge in [0.25, 0.3) is 5.56 Å². The molecule has 1 amide bonds. The van der Waals surface area contributed by atoms with Crippen molar-refractivity contribution in [1.29, 1.82) is 5.26 Å². The summed E-state index contributed by atoms with van der Waals surface area (Å²) < 4.78 is 0. The van der Waals surface area contributed by atoms with Gasteiger partial charge in [-0.15, -0.1) is 12.4 Å². The summed E-state index contributed by atoms with van der Waals surface area (Å²) in [6.07, 6.45) is 0.880. The minimum atomic E-state index is -0.367. The number of carbonyl (C=O) groups excluding carboxylic acids is 1. The van der Waals surface area contributed by atoms with E-state index in [2.05, 4.69) is 10.3 Å². The number of H-pyrrole nitrogens is 1. The molecule has 0 aliphatic heterocycles. The highest BCUT2D eigenvalue weighted by Crippen LogP contribution is 2.15. The van der Waals surface area contributed by atoms with Crippen molar-refractivity contribution in [3.05, 3.63) is 32.7 Å². The molecule has 2 N–H and O–H groups in total. The quantitative estimate of drug-likeness (QED) is 0.812. The lowest BCUT2D eigenvalue weighted by atomic mass is 9.99. The molecule has 1 rings (SSSR count). The number of halogens is 1. The van der Waals surface area contributed by atoms with Crippen molar-refractivity contribution in [3.8, 4) is 6.07 Å². The number of nitrogens with zero attached hydrogens (tertiary/aromatic N) is 2. The van der Waals surface area contributed by atoms with Gasteiger partial charge in [0.05, 0.1) is 0 Å². The molecule has 0 saturated heterocycles. The largest absolute Gasteiger partial charge is 0.344 e. The third kappa shape index (κ3) is 4.86. The summed E-state index contributed by atoms with van der Waals surface area (Å²) in [7, 11) is 3.61. The van der Waals surface area contributed by atoms with E-state index in [4.69, 9.17) is 5.26 Å². The number of aromatic amines is 1. The van der Waals surface area contributed by atoms with Crippen LogP contribution in [0.15, 0.2) is 4.79 Å². The molecule has 22 heavy (non-hydrogen) atoms. The normalized spacial score (nSPS) is 9.77. The Kier molecular flexibility index (Phi) is 8.46. The van der Waals surface area contributed by atoms with Gasteiger partial charge in [-0.25, -0.2) is 0 Å². The highest BCUT2D eigenvalue weighted by molar-refractivity contribution is 5.85. The van der Waals surface area contributed by atoms with E-state index in [1.807, 2.05) is 13.1 Å². The predicted molar refractivity (Wildman–Crippen MR) is 88.4 cm³/mol. The summed E-state index contributed by atoms with van der Waals surface area (Å²) >= 11 is 0. The molecule has 122 valence electrons. The van der Waals surface area contributed by atoms with E-state index in [-0.39, 0.29) is 29.4 Å². The molecule has 0 spiro atoms. The summed E-state index contributed by atoms with van der Waals surface area (Å²) in [5.74, 6) is 0.0498. The molecular formula is C15H23ClN4O2. The minimum Gasteiger partial charge on any atom is -0.344 e. The van der Waals surface area contributed by atoms with Crippen molar-refractivity contribution < 1.29 is 4.79 Å². The molecule has 0 aromatic carbocycles. The molecule has 0 atom stereocenters. The van der Waals surface area contributed by atoms with Gasteiger partial charge in [0.15, 0.2) is 0 Å². The van der Waals surface area contributed by atoms with Gasteiger partial charge in [-0.2, -0.15) is 5.26 Å². The number of nitrogens with one attached hydrogen (secondary N) is 2. The van der Waals surface area contributed by atoms with Crippen molar-refractivity contribution in [2.75, 3.05) is 27.2 Å². The third-order valence-electron chi connectivity index (χ3n) is 3.63. The van der Waals surface area contributed by atoms with E-state index in [1.54, 1.807) is 25.8 Å². The fourth-order valence-corrected chi connectivity index (χ4v) is 2.25. The Morgan fingerprint density at radius 3 is 2.59 bits per heavy atom. The number of aromatic nitrogens is 1. The van der Waals surface area contributed by atoms with Gasteiger partial charge < -0.3 is 15.2 Å². The van der Waals surface area contributed by atoms with Gasteiger partial charge in [-0.3, -0.25) is 9.59 Å². The lowest BCUT2D eigenvalue weighted by Gasteiger charge is -2.17. The topological polar surface area (TPSA) is 89.0 Å². The molecule has 1 aromatic heterocycles. The van der Waals surface area contributed by atoms with Gasteiger partial charge >= 0.3 is 0 Å². The number of pyridine rings is 1. The first-order valence-electron chi connectivity index (χ1n) is 6.93. The van der Waals surface area contributed by atoms with Crippen LogP contribution >= 0.6 is 12.4 Å². The highest BCUT2D eigenvalue weighted by Gasteiger charge is 2.14. The van der Waals surface area contributed by atoms with E-state index in [0.29, 0.717) is 24.9 Å². The van der Waals surface area contributed by atoms with Gasteiger partial charge in [0.2, 0.25) is 5.91 Å². The van der Waals surface area contributed by atoms with E-state index < -0.39 is 0 Å². The van der Waals surface area contributed by atoms with Crippen LogP contribution in [-0.2, 0) is 11.2 Å². The zero-order valence-electron chi connectivity index (χ0n) is 13.4. The average Bonchev–Trinajstić information content (AvgIpc) is 2.44. The standard InChI is InChI=1S/C15H22N4O2.ClH/c1-10-12(11(2)18-15(21)13(10)9-16)5-6-14(20)19(4)8-7-17-3;/h17H,5-8H2,1-4H3,(H,18,21);1H. The molecule has 0 fully saturated rings. The maximum atomic E-state index is 12.0. The molecular weight excluding hydrogens is 304 g/mol. The first kappa shape index (κ1) is 20.2. The first-order valence-corrected chi connectivity index (χ1v) is 6.93. The average molecular weight is 327 g/mol. The van der Waals surface area contributed by atoms with Crippen molar-refractivity contribution in [1.82, 2.24) is 15.2 Å². The van der Waals surface area contributed by atoms with Crippen molar-refractivity contribution in [2.24, 2.45) is 0 Å². The van der Waals surface area contributed by atoms with Crippen LogP contribution in [-0.4, -0.2) is 43.0 Å². The molecule has 0 unspecified atom stereocenters. The fourth-order valence-electron chi connectivity index (χ4n) is 2.25. The van der Waals surface area contributed by atoms with E-state index in [0.717, 1.165) is 17.8 Å². The van der Waals surface area contributed by atoms with Gasteiger partial charge in [-0.1, -0.05) is 0 Å². The van der Waals surface area contributed by atoms with Gasteiger partial charge in [-0.05, 0) is 38.4 Å². The molecule has 0 aliphatic carbocycles. The fraction of sp³-hybridized carbons (Fsp3) is 0.533. The van der Waals surface area contributed by atoms with Crippen molar-refractivity contribution in [3.63, 3.8) is 0 Å². The van der Waals surface area contributed by atoms with E-state index >= 15 is 0 Å². The molecule has 0 aliphatic rings. The zero-order chi connectivity index (χ0) is 16.0. The molecule has 0 saturated carbocycles. The second kappa shape index (κ2) is 9.23. The summed E-state index contributed by atoms with van der Waals surface area (Å²) in [4.78, 5) is 28.0. The summed E-state index contributed by atoms with van der Waals surface area (Å²) in [6.45, 7) is 4.95. The molecule has 6 nitrogen and oxygen atoms in total. The Morgan fingerprint density at radius 2 is 2.05 bits per heavy atom. The second-order valence-corrected chi connectivity index (χ2v) is 5.09.